The van der Waals surface area contributed by atoms with E-state index in [1.165, 1.54) is 0 Å². The third kappa shape index (κ3) is 11.2. The summed E-state index contributed by atoms with van der Waals surface area (Å²) in [6.07, 6.45) is 8.48. The van der Waals surface area contributed by atoms with Crippen LogP contribution in [0.3, 0.4) is 0 Å². The monoisotopic (exact) mass is 200 g/mol. The van der Waals surface area contributed by atoms with Gasteiger partial charge in [-0.15, -0.1) is 0 Å². The smallest absolute Gasteiger partial charge is 0.303 e. The number of rotatable bonds is 8. The molecule has 0 aliphatic carbocycles. The van der Waals surface area contributed by atoms with Crippen LogP contribution in [0.2, 0.25) is 0 Å². The lowest BCUT2D eigenvalue weighted by molar-refractivity contribution is -0.136. The molecule has 14 heavy (non-hydrogen) atoms. The fourth-order valence-corrected chi connectivity index (χ4v) is 1.14. The van der Waals surface area contributed by atoms with E-state index in [4.69, 9.17) is 10.2 Å². The molecule has 0 fully saturated rings. The average molecular weight is 200 g/mol. The third-order valence-electron chi connectivity index (χ3n) is 1.93. The molecule has 3 heteroatoms. The molecule has 0 aromatic rings. The molecule has 0 aromatic heterocycles. The highest BCUT2D eigenvalue weighted by Crippen LogP contribution is 2.04. The largest absolute Gasteiger partial charge is 0.481 e. The highest BCUT2D eigenvalue weighted by molar-refractivity contribution is 5.66. The van der Waals surface area contributed by atoms with Gasteiger partial charge in [-0.05, 0) is 32.6 Å². The lowest BCUT2D eigenvalue weighted by atomic mass is 10.1. The molecule has 0 aromatic carbocycles. The van der Waals surface area contributed by atoms with Gasteiger partial charge in [-0.25, -0.2) is 0 Å². The fraction of sp³-hybridized carbons (Fsp3) is 0.727. The van der Waals surface area contributed by atoms with E-state index in [0.29, 0.717) is 6.42 Å². The van der Waals surface area contributed by atoms with Crippen LogP contribution in [0.5, 0.6) is 0 Å². The van der Waals surface area contributed by atoms with E-state index in [-0.39, 0.29) is 12.5 Å². The van der Waals surface area contributed by atoms with Crippen LogP contribution in [0.15, 0.2) is 12.2 Å². The van der Waals surface area contributed by atoms with Crippen LogP contribution < -0.4 is 0 Å². The second-order valence-electron chi connectivity index (χ2n) is 3.54. The van der Waals surface area contributed by atoms with Gasteiger partial charge in [0.05, 0.1) is 6.10 Å². The zero-order valence-corrected chi connectivity index (χ0v) is 8.78. The molecule has 1 atom stereocenters. The Hall–Kier alpha value is -0.830. The Labute approximate surface area is 85.4 Å². The lowest BCUT2D eigenvalue weighted by Gasteiger charge is -2.01. The Bertz CT molecular complexity index is 173. The number of aliphatic hydroxyl groups is 1. The maximum atomic E-state index is 10.1. The molecule has 0 saturated carbocycles. The first kappa shape index (κ1) is 13.2. The SMILES string of the molecule is CC(O)CCCC/C=C/CCC(=O)O. The van der Waals surface area contributed by atoms with E-state index < -0.39 is 5.97 Å². The van der Waals surface area contributed by atoms with Crippen molar-refractivity contribution in [3.63, 3.8) is 0 Å². The second kappa shape index (κ2) is 8.75. The third-order valence-corrected chi connectivity index (χ3v) is 1.93. The van der Waals surface area contributed by atoms with Crippen molar-refractivity contribution in [1.29, 1.82) is 0 Å². The Morgan fingerprint density at radius 2 is 1.93 bits per heavy atom. The molecule has 1 unspecified atom stereocenters. The van der Waals surface area contributed by atoms with Gasteiger partial charge in [-0.2, -0.15) is 0 Å². The number of aliphatic hydroxyl groups excluding tert-OH is 1. The van der Waals surface area contributed by atoms with Gasteiger partial charge in [0.25, 0.3) is 0 Å². The molecule has 2 N–H and O–H groups in total. The lowest BCUT2D eigenvalue weighted by Crippen LogP contribution is -1.97. The minimum atomic E-state index is -0.747. The molecule has 0 amide bonds. The predicted molar refractivity (Wildman–Crippen MR) is 56.2 cm³/mol. The van der Waals surface area contributed by atoms with Crippen molar-refractivity contribution in [1.82, 2.24) is 0 Å². The minimum absolute atomic E-state index is 0.203. The zero-order chi connectivity index (χ0) is 10.8. The Kier molecular flexibility index (Phi) is 8.24. The van der Waals surface area contributed by atoms with Gasteiger partial charge in [-0.1, -0.05) is 18.6 Å². The summed E-state index contributed by atoms with van der Waals surface area (Å²) in [5.74, 6) is -0.747. The van der Waals surface area contributed by atoms with E-state index in [1.54, 1.807) is 6.92 Å². The van der Waals surface area contributed by atoms with Crippen LogP contribution in [0.1, 0.15) is 45.4 Å². The van der Waals surface area contributed by atoms with Crippen molar-refractivity contribution in [2.24, 2.45) is 0 Å². The van der Waals surface area contributed by atoms with Crippen LogP contribution in [0.4, 0.5) is 0 Å². The highest BCUT2D eigenvalue weighted by Gasteiger charge is 1.94. The molecule has 0 bridgehead atoms. The average Bonchev–Trinajstić information content (AvgIpc) is 2.08. The van der Waals surface area contributed by atoms with E-state index in [0.717, 1.165) is 25.7 Å². The number of hydrogen-bond acceptors (Lipinski definition) is 2. The molecule has 0 aliphatic heterocycles. The molecule has 0 heterocycles. The maximum absolute atomic E-state index is 10.1. The van der Waals surface area contributed by atoms with E-state index >= 15 is 0 Å². The molecule has 3 nitrogen and oxygen atoms in total. The van der Waals surface area contributed by atoms with Gasteiger partial charge >= 0.3 is 5.97 Å². The summed E-state index contributed by atoms with van der Waals surface area (Å²) in [5, 5.41) is 17.3. The molecule has 0 rings (SSSR count). The maximum Gasteiger partial charge on any atom is 0.303 e. The summed E-state index contributed by atoms with van der Waals surface area (Å²) in [6.45, 7) is 1.79. The van der Waals surface area contributed by atoms with Gasteiger partial charge in [0.15, 0.2) is 0 Å². The van der Waals surface area contributed by atoms with Crippen molar-refractivity contribution in [2.75, 3.05) is 0 Å². The minimum Gasteiger partial charge on any atom is -0.481 e. The highest BCUT2D eigenvalue weighted by atomic mass is 16.4. The molecular formula is C11H20O3. The number of carboxylic acid groups (broad SMARTS) is 1. The quantitative estimate of drug-likeness (QED) is 0.467. The van der Waals surface area contributed by atoms with Crippen molar-refractivity contribution in [3.05, 3.63) is 12.2 Å². The molecule has 0 radical (unpaired) electrons. The van der Waals surface area contributed by atoms with Crippen LogP contribution in [-0.4, -0.2) is 22.3 Å². The normalized spacial score (nSPS) is 13.3. The Morgan fingerprint density at radius 1 is 1.29 bits per heavy atom. The van der Waals surface area contributed by atoms with Crippen molar-refractivity contribution in [2.45, 2.75) is 51.6 Å². The first-order chi connectivity index (χ1) is 6.63. The number of unbranched alkanes of at least 4 members (excludes halogenated alkanes) is 2. The van der Waals surface area contributed by atoms with Crippen molar-refractivity contribution in [3.8, 4) is 0 Å². The van der Waals surface area contributed by atoms with Gasteiger partial charge in [0.2, 0.25) is 0 Å². The molecule has 0 aliphatic rings. The molecule has 0 saturated heterocycles. The Morgan fingerprint density at radius 3 is 2.50 bits per heavy atom. The van der Waals surface area contributed by atoms with Gasteiger partial charge in [0, 0.05) is 6.42 Å². The zero-order valence-electron chi connectivity index (χ0n) is 8.78. The number of allylic oxidation sites excluding steroid dienone is 2. The fourth-order valence-electron chi connectivity index (χ4n) is 1.14. The van der Waals surface area contributed by atoms with Crippen molar-refractivity contribution >= 4 is 5.97 Å². The molecular weight excluding hydrogens is 180 g/mol. The number of carboxylic acids is 1. The second-order valence-corrected chi connectivity index (χ2v) is 3.54. The number of carbonyl (C=O) groups is 1. The first-order valence-electron chi connectivity index (χ1n) is 5.17. The summed E-state index contributed by atoms with van der Waals surface area (Å²) in [4.78, 5) is 10.1. The molecule has 82 valence electrons. The van der Waals surface area contributed by atoms with Gasteiger partial charge < -0.3 is 10.2 Å². The standard InChI is InChI=1S/C11H20O3/c1-10(12)8-6-4-2-3-5-7-9-11(13)14/h3,5,10,12H,2,4,6-9H2,1H3,(H,13,14)/b5-3+. The molecule has 0 spiro atoms. The van der Waals surface area contributed by atoms with Gasteiger partial charge in [0.1, 0.15) is 0 Å². The topological polar surface area (TPSA) is 57.5 Å². The predicted octanol–water partition coefficient (Wildman–Crippen LogP) is 2.35. The summed E-state index contributed by atoms with van der Waals surface area (Å²) in [6, 6.07) is 0. The van der Waals surface area contributed by atoms with Crippen LogP contribution in [0, 0.1) is 0 Å². The first-order valence-corrected chi connectivity index (χ1v) is 5.17. The van der Waals surface area contributed by atoms with Crippen LogP contribution >= 0.6 is 0 Å². The summed E-state index contributed by atoms with van der Waals surface area (Å²) < 4.78 is 0. The number of aliphatic carboxylic acids is 1. The van der Waals surface area contributed by atoms with E-state index in [2.05, 4.69) is 0 Å². The van der Waals surface area contributed by atoms with E-state index in [1.807, 2.05) is 12.2 Å². The van der Waals surface area contributed by atoms with Gasteiger partial charge in [-0.3, -0.25) is 4.79 Å². The Balaban J connectivity index is 3.15. The number of hydrogen-bond donors (Lipinski definition) is 2. The van der Waals surface area contributed by atoms with Crippen LogP contribution in [0.25, 0.3) is 0 Å². The summed E-state index contributed by atoms with van der Waals surface area (Å²) in [5.41, 5.74) is 0. The summed E-state index contributed by atoms with van der Waals surface area (Å²) >= 11 is 0. The van der Waals surface area contributed by atoms with Crippen molar-refractivity contribution < 1.29 is 15.0 Å². The van der Waals surface area contributed by atoms with E-state index in [9.17, 15) is 4.79 Å². The summed E-state index contributed by atoms with van der Waals surface area (Å²) in [7, 11) is 0. The van der Waals surface area contributed by atoms with Crippen LogP contribution in [-0.2, 0) is 4.79 Å².